The van der Waals surface area contributed by atoms with E-state index in [9.17, 15) is 9.18 Å². The Morgan fingerprint density at radius 3 is 2.54 bits per heavy atom. The lowest BCUT2D eigenvalue weighted by atomic mass is 9.92. The molecule has 1 aliphatic rings. The number of anilines is 2. The van der Waals surface area contributed by atoms with Crippen molar-refractivity contribution in [3.05, 3.63) is 52.8 Å². The van der Waals surface area contributed by atoms with Gasteiger partial charge in [-0.3, -0.25) is 4.79 Å². The van der Waals surface area contributed by atoms with E-state index in [0.717, 1.165) is 40.4 Å². The Morgan fingerprint density at radius 1 is 1.21 bits per heavy atom. The summed E-state index contributed by atoms with van der Waals surface area (Å²) in [6.45, 7) is 12.2. The maximum absolute atomic E-state index is 13.2. The molecule has 28 heavy (non-hydrogen) atoms. The minimum atomic E-state index is -0.228. The molecule has 0 fully saturated rings. The summed E-state index contributed by atoms with van der Waals surface area (Å²) < 4.78 is 19.2. The van der Waals surface area contributed by atoms with Crippen molar-refractivity contribution < 1.29 is 13.9 Å². The molecule has 2 aromatic rings. The maximum atomic E-state index is 13.2. The predicted octanol–water partition coefficient (Wildman–Crippen LogP) is 5.22. The highest BCUT2D eigenvalue weighted by Crippen LogP contribution is 2.41. The van der Waals surface area contributed by atoms with Crippen LogP contribution in [0.4, 0.5) is 15.8 Å². The molecule has 0 aliphatic carbocycles. The highest BCUT2D eigenvalue weighted by Gasteiger charge is 2.25. The van der Waals surface area contributed by atoms with Crippen molar-refractivity contribution in [2.24, 2.45) is 5.41 Å². The summed E-state index contributed by atoms with van der Waals surface area (Å²) in [4.78, 5) is 14.7. The summed E-state index contributed by atoms with van der Waals surface area (Å²) in [5.41, 5.74) is 4.78. The van der Waals surface area contributed by atoms with Gasteiger partial charge in [-0.15, -0.1) is 0 Å². The van der Waals surface area contributed by atoms with Gasteiger partial charge in [0.05, 0.1) is 17.9 Å². The molecule has 0 bridgehead atoms. The van der Waals surface area contributed by atoms with Crippen molar-refractivity contribution >= 4 is 17.3 Å². The van der Waals surface area contributed by atoms with Crippen LogP contribution in [0.2, 0.25) is 0 Å². The molecule has 0 unspecified atom stereocenters. The van der Waals surface area contributed by atoms with E-state index in [4.69, 9.17) is 4.74 Å². The predicted molar refractivity (Wildman–Crippen MR) is 112 cm³/mol. The van der Waals surface area contributed by atoms with E-state index >= 15 is 0 Å². The van der Waals surface area contributed by atoms with E-state index in [1.54, 1.807) is 0 Å². The summed E-state index contributed by atoms with van der Waals surface area (Å²) in [6.07, 6.45) is 0.459. The summed E-state index contributed by atoms with van der Waals surface area (Å²) in [7, 11) is 0. The van der Waals surface area contributed by atoms with Gasteiger partial charge in [0, 0.05) is 18.5 Å². The fraction of sp³-hybridized carbons (Fsp3) is 0.435. The summed E-state index contributed by atoms with van der Waals surface area (Å²) in [5.74, 6) is 0.594. The largest absolute Gasteiger partial charge is 0.489 e. The van der Waals surface area contributed by atoms with Crippen LogP contribution in [-0.2, 0) is 11.3 Å². The number of benzene rings is 2. The number of hydrogen-bond acceptors (Lipinski definition) is 3. The number of hydrogen-bond donors (Lipinski definition) is 1. The number of ether oxygens (including phenoxy) is 1. The molecule has 0 saturated carbocycles. The number of aryl methyl sites for hydroxylation is 1. The Morgan fingerprint density at radius 2 is 1.89 bits per heavy atom. The third-order valence-electron chi connectivity index (χ3n) is 4.89. The normalized spacial score (nSPS) is 13.7. The summed E-state index contributed by atoms with van der Waals surface area (Å²) in [6, 6.07) is 8.66. The van der Waals surface area contributed by atoms with Gasteiger partial charge in [-0.05, 0) is 48.6 Å². The third-order valence-corrected chi connectivity index (χ3v) is 4.89. The molecule has 4 nitrogen and oxygen atoms in total. The molecule has 0 radical (unpaired) electrons. The number of halogens is 1. The van der Waals surface area contributed by atoms with Crippen LogP contribution < -0.4 is 15.0 Å². The maximum Gasteiger partial charge on any atom is 0.224 e. The minimum absolute atomic E-state index is 0.0117. The zero-order chi connectivity index (χ0) is 20.5. The zero-order valence-corrected chi connectivity index (χ0v) is 17.4. The molecule has 1 heterocycles. The van der Waals surface area contributed by atoms with E-state index in [1.807, 2.05) is 26.0 Å². The number of rotatable bonds is 4. The first-order valence-electron chi connectivity index (χ1n) is 9.70. The molecule has 150 valence electrons. The molecule has 1 N–H and O–H groups in total. The van der Waals surface area contributed by atoms with Crippen molar-refractivity contribution in [2.45, 2.75) is 47.6 Å². The lowest BCUT2D eigenvalue weighted by Crippen LogP contribution is -2.33. The van der Waals surface area contributed by atoms with Crippen molar-refractivity contribution in [3.63, 3.8) is 0 Å². The second-order valence-corrected chi connectivity index (χ2v) is 8.72. The molecule has 0 aromatic heterocycles. The number of amides is 1. The van der Waals surface area contributed by atoms with Crippen LogP contribution in [-0.4, -0.2) is 19.1 Å². The van der Waals surface area contributed by atoms with Gasteiger partial charge in [-0.2, -0.15) is 0 Å². The van der Waals surface area contributed by atoms with Crippen molar-refractivity contribution in [3.8, 4) is 5.75 Å². The Bertz CT molecular complexity index is 870. The van der Waals surface area contributed by atoms with E-state index in [0.29, 0.717) is 19.6 Å². The quantitative estimate of drug-likeness (QED) is 0.786. The third kappa shape index (κ3) is 4.64. The first-order valence-corrected chi connectivity index (χ1v) is 9.70. The second-order valence-electron chi connectivity index (χ2n) is 8.72. The van der Waals surface area contributed by atoms with Gasteiger partial charge in [-0.1, -0.05) is 32.9 Å². The van der Waals surface area contributed by atoms with Crippen molar-refractivity contribution in [2.75, 3.05) is 23.4 Å². The zero-order valence-electron chi connectivity index (χ0n) is 17.4. The molecule has 3 rings (SSSR count). The summed E-state index contributed by atoms with van der Waals surface area (Å²) >= 11 is 0. The lowest BCUT2D eigenvalue weighted by molar-refractivity contribution is -0.117. The summed E-state index contributed by atoms with van der Waals surface area (Å²) in [5, 5.41) is 3.08. The molecule has 5 heteroatoms. The van der Waals surface area contributed by atoms with Crippen LogP contribution in [0.15, 0.2) is 30.3 Å². The molecule has 0 saturated heterocycles. The number of nitrogens with zero attached hydrogens (tertiary/aromatic N) is 1. The topological polar surface area (TPSA) is 41.6 Å². The SMILES string of the molecule is Cc1cc2c(c(C)c1NC(=O)CC(C)(C)C)OCCN2Cc1ccc(F)cc1. The number of fused-ring (bicyclic) bond motifs is 1. The van der Waals surface area contributed by atoms with E-state index in [1.165, 1.54) is 12.1 Å². The molecule has 1 aliphatic heterocycles. The molecular weight excluding hydrogens is 355 g/mol. The Labute approximate surface area is 166 Å². The molecular formula is C23H29FN2O2. The van der Waals surface area contributed by atoms with Crippen LogP contribution >= 0.6 is 0 Å². The second kappa shape index (κ2) is 7.82. The van der Waals surface area contributed by atoms with Crippen LogP contribution in [0.25, 0.3) is 0 Å². The highest BCUT2D eigenvalue weighted by molar-refractivity contribution is 5.94. The Hall–Kier alpha value is -2.56. The monoisotopic (exact) mass is 384 g/mol. The average molecular weight is 384 g/mol. The fourth-order valence-corrected chi connectivity index (χ4v) is 3.57. The van der Waals surface area contributed by atoms with Gasteiger partial charge in [0.1, 0.15) is 18.2 Å². The van der Waals surface area contributed by atoms with Gasteiger partial charge < -0.3 is 15.0 Å². The van der Waals surface area contributed by atoms with E-state index < -0.39 is 0 Å². The number of carbonyl (C=O) groups excluding carboxylic acids is 1. The van der Waals surface area contributed by atoms with Crippen molar-refractivity contribution in [1.82, 2.24) is 0 Å². The highest BCUT2D eigenvalue weighted by atomic mass is 19.1. The average Bonchev–Trinajstić information content (AvgIpc) is 2.60. The van der Waals surface area contributed by atoms with Gasteiger partial charge in [0.25, 0.3) is 0 Å². The van der Waals surface area contributed by atoms with Crippen LogP contribution in [0.1, 0.15) is 43.9 Å². The van der Waals surface area contributed by atoms with Gasteiger partial charge in [0.2, 0.25) is 5.91 Å². The number of nitrogens with one attached hydrogen (secondary N) is 1. The minimum Gasteiger partial charge on any atom is -0.489 e. The molecule has 0 atom stereocenters. The molecule has 2 aromatic carbocycles. The Kier molecular flexibility index (Phi) is 5.64. The van der Waals surface area contributed by atoms with E-state index in [2.05, 4.69) is 37.1 Å². The molecule has 1 amide bonds. The smallest absolute Gasteiger partial charge is 0.224 e. The molecule has 0 spiro atoms. The first kappa shape index (κ1) is 20.2. The van der Waals surface area contributed by atoms with Gasteiger partial charge in [0.15, 0.2) is 0 Å². The van der Waals surface area contributed by atoms with Crippen LogP contribution in [0.5, 0.6) is 5.75 Å². The van der Waals surface area contributed by atoms with Crippen LogP contribution in [0.3, 0.4) is 0 Å². The lowest BCUT2D eigenvalue weighted by Gasteiger charge is -2.33. The van der Waals surface area contributed by atoms with Crippen molar-refractivity contribution in [1.29, 1.82) is 0 Å². The first-order chi connectivity index (χ1) is 13.1. The van der Waals surface area contributed by atoms with Gasteiger partial charge >= 0.3 is 0 Å². The number of carbonyl (C=O) groups is 1. The van der Waals surface area contributed by atoms with Crippen LogP contribution in [0, 0.1) is 25.1 Å². The standard InChI is InChI=1S/C23H29FN2O2/c1-15-12-19-22(16(2)21(15)25-20(27)13-23(3,4)5)28-11-10-26(19)14-17-6-8-18(24)9-7-17/h6-9,12H,10-11,13-14H2,1-5H3,(H,25,27). The fourth-order valence-electron chi connectivity index (χ4n) is 3.57. The van der Waals surface area contributed by atoms with E-state index in [-0.39, 0.29) is 17.1 Å². The van der Waals surface area contributed by atoms with Gasteiger partial charge in [-0.25, -0.2) is 4.39 Å². The Balaban J connectivity index is 1.87.